The van der Waals surface area contributed by atoms with Gasteiger partial charge in [-0.1, -0.05) is 116 Å². The maximum atomic E-state index is 14.4. The molecule has 0 aromatic heterocycles. The molecule has 1 unspecified atom stereocenters. The molecule has 6 heteroatoms. The van der Waals surface area contributed by atoms with Crippen molar-refractivity contribution in [3.05, 3.63) is 96.1 Å². The summed E-state index contributed by atoms with van der Waals surface area (Å²) in [6.07, 6.45) is 0. The van der Waals surface area contributed by atoms with E-state index in [1.54, 1.807) is 0 Å². The Morgan fingerprint density at radius 2 is 1.17 bits per heavy atom. The van der Waals surface area contributed by atoms with E-state index in [1.165, 1.54) is 5.56 Å². The van der Waals surface area contributed by atoms with Gasteiger partial charge in [-0.05, 0) is 40.8 Å². The summed E-state index contributed by atoms with van der Waals surface area (Å²) in [5.74, 6) is 0. The van der Waals surface area contributed by atoms with Crippen LogP contribution in [0.3, 0.4) is 0 Å². The second-order valence-electron chi connectivity index (χ2n) is 8.26. The maximum Gasteiger partial charge on any atom is 0.210 e. The number of alkyl halides is 3. The van der Waals surface area contributed by atoms with Crippen molar-refractivity contribution in [3.63, 3.8) is 0 Å². The Labute approximate surface area is 194 Å². The van der Waals surface area contributed by atoms with E-state index in [9.17, 15) is 4.57 Å². The van der Waals surface area contributed by atoms with E-state index in [0.29, 0.717) is 10.6 Å². The number of nitrogens with one attached hydrogen (secondary N) is 1. The summed E-state index contributed by atoms with van der Waals surface area (Å²) < 4.78 is 12.7. The fourth-order valence-electron chi connectivity index (χ4n) is 3.27. The maximum absolute atomic E-state index is 14.4. The van der Waals surface area contributed by atoms with E-state index < -0.39 is 17.1 Å². The lowest BCUT2D eigenvalue weighted by molar-refractivity contribution is 0.561. The number of hydrogen-bond acceptors (Lipinski definition) is 1. The molecule has 0 radical (unpaired) electrons. The molecule has 0 spiro atoms. The highest BCUT2D eigenvalue weighted by Crippen LogP contribution is 2.48. The first-order valence-corrected chi connectivity index (χ1v) is 12.5. The van der Waals surface area contributed by atoms with Crippen molar-refractivity contribution >= 4 is 52.7 Å². The van der Waals surface area contributed by atoms with Crippen LogP contribution in [0.2, 0.25) is 0 Å². The molecule has 2 nitrogen and oxygen atoms in total. The van der Waals surface area contributed by atoms with Crippen LogP contribution in [0.4, 0.5) is 0 Å². The van der Waals surface area contributed by atoms with Gasteiger partial charge in [-0.25, -0.2) is 5.09 Å². The van der Waals surface area contributed by atoms with Crippen LogP contribution >= 0.6 is 42.1 Å². The van der Waals surface area contributed by atoms with Gasteiger partial charge in [0.05, 0.1) is 6.04 Å². The molecule has 0 saturated carbocycles. The highest BCUT2D eigenvalue weighted by Gasteiger charge is 2.40. The van der Waals surface area contributed by atoms with Crippen molar-refractivity contribution in [2.75, 3.05) is 0 Å². The van der Waals surface area contributed by atoms with E-state index >= 15 is 0 Å². The molecule has 3 aromatic rings. The molecule has 1 atom stereocenters. The topological polar surface area (TPSA) is 29.1 Å². The third-order valence-corrected chi connectivity index (χ3v) is 8.32. The van der Waals surface area contributed by atoms with E-state index in [-0.39, 0.29) is 5.41 Å². The van der Waals surface area contributed by atoms with Gasteiger partial charge in [-0.2, -0.15) is 0 Å². The largest absolute Gasteiger partial charge is 0.297 e. The molecule has 0 heterocycles. The summed E-state index contributed by atoms with van der Waals surface area (Å²) in [5.41, 5.74) is 1.93. The van der Waals surface area contributed by atoms with Gasteiger partial charge < -0.3 is 0 Å². The van der Waals surface area contributed by atoms with Gasteiger partial charge >= 0.3 is 0 Å². The van der Waals surface area contributed by atoms with Gasteiger partial charge in [0.2, 0.25) is 11.1 Å². The SMILES string of the molecule is CC(C)(C)c1ccc(C(NP(=O)(c2ccccc2)c2ccccc2)C(Cl)(Cl)Cl)cc1. The Bertz CT molecular complexity index is 967. The first kappa shape index (κ1) is 23.4. The number of hydrogen-bond donors (Lipinski definition) is 1. The van der Waals surface area contributed by atoms with Gasteiger partial charge in [-0.3, -0.25) is 4.57 Å². The molecule has 0 bridgehead atoms. The smallest absolute Gasteiger partial charge is 0.210 e. The average molecular weight is 481 g/mol. The molecular weight excluding hydrogens is 456 g/mol. The number of benzene rings is 3. The van der Waals surface area contributed by atoms with Gasteiger partial charge in [0, 0.05) is 10.6 Å². The van der Waals surface area contributed by atoms with Crippen molar-refractivity contribution in [1.82, 2.24) is 5.09 Å². The normalized spacial score (nSPS) is 13.8. The van der Waals surface area contributed by atoms with Gasteiger partial charge in [0.1, 0.15) is 0 Å². The predicted octanol–water partition coefficient (Wildman–Crippen LogP) is 6.91. The van der Waals surface area contributed by atoms with Gasteiger partial charge in [0.25, 0.3) is 0 Å². The van der Waals surface area contributed by atoms with Gasteiger partial charge in [0.15, 0.2) is 0 Å². The fraction of sp³-hybridized carbons (Fsp3) is 0.250. The minimum absolute atomic E-state index is 0.00477. The average Bonchev–Trinajstić information content (AvgIpc) is 2.72. The van der Waals surface area contributed by atoms with Crippen LogP contribution in [0.1, 0.15) is 37.9 Å². The molecule has 0 aliphatic rings. The molecule has 0 fully saturated rings. The van der Waals surface area contributed by atoms with Crippen LogP contribution in [0.15, 0.2) is 84.9 Å². The molecule has 3 rings (SSSR count). The Kier molecular flexibility index (Phi) is 7.07. The molecule has 0 saturated heterocycles. The predicted molar refractivity (Wildman–Crippen MR) is 131 cm³/mol. The zero-order valence-corrected chi connectivity index (χ0v) is 20.3. The third-order valence-electron chi connectivity index (χ3n) is 4.99. The molecule has 158 valence electrons. The third kappa shape index (κ3) is 5.31. The van der Waals surface area contributed by atoms with Crippen LogP contribution < -0.4 is 15.7 Å². The first-order chi connectivity index (χ1) is 14.0. The van der Waals surface area contributed by atoms with Crippen LogP contribution in [-0.4, -0.2) is 3.79 Å². The van der Waals surface area contributed by atoms with Crippen LogP contribution in [0.5, 0.6) is 0 Å². The summed E-state index contributed by atoms with van der Waals surface area (Å²) in [4.78, 5) is 0. The molecule has 0 aliphatic heterocycles. The van der Waals surface area contributed by atoms with Crippen LogP contribution in [0.25, 0.3) is 0 Å². The Balaban J connectivity index is 2.09. The highest BCUT2D eigenvalue weighted by molar-refractivity contribution is 7.76. The fourth-order valence-corrected chi connectivity index (χ4v) is 6.52. The summed E-state index contributed by atoms with van der Waals surface area (Å²) in [7, 11) is -3.29. The monoisotopic (exact) mass is 479 g/mol. The minimum Gasteiger partial charge on any atom is -0.297 e. The zero-order valence-electron chi connectivity index (χ0n) is 17.1. The lowest BCUT2D eigenvalue weighted by atomic mass is 9.86. The first-order valence-electron chi connectivity index (χ1n) is 9.68. The molecule has 0 amide bonds. The van der Waals surface area contributed by atoms with Crippen molar-refractivity contribution in [2.24, 2.45) is 0 Å². The van der Waals surface area contributed by atoms with Crippen molar-refractivity contribution in [3.8, 4) is 0 Å². The van der Waals surface area contributed by atoms with Crippen LogP contribution in [0, 0.1) is 0 Å². The second-order valence-corrected chi connectivity index (χ2v) is 13.1. The molecule has 0 aliphatic carbocycles. The number of halogens is 3. The highest BCUT2D eigenvalue weighted by atomic mass is 35.6. The Hall–Kier alpha value is -1.28. The van der Waals surface area contributed by atoms with E-state index in [0.717, 1.165) is 5.56 Å². The molecular formula is C24H25Cl3NOP. The van der Waals surface area contributed by atoms with E-state index in [4.69, 9.17) is 34.8 Å². The Morgan fingerprint density at radius 3 is 1.53 bits per heavy atom. The Morgan fingerprint density at radius 1 is 0.733 bits per heavy atom. The minimum atomic E-state index is -3.29. The molecule has 30 heavy (non-hydrogen) atoms. The van der Waals surface area contributed by atoms with Crippen molar-refractivity contribution in [2.45, 2.75) is 36.0 Å². The number of rotatable bonds is 5. The lowest BCUT2D eigenvalue weighted by Gasteiger charge is -2.32. The molecule has 1 N–H and O–H groups in total. The standard InChI is InChI=1S/C24H25Cl3NOP/c1-23(2,3)19-16-14-18(15-17-19)22(24(25,26)27)28-30(29,20-10-6-4-7-11-20)21-12-8-5-9-13-21/h4-17,22H,1-3H3,(H,28,29). The van der Waals surface area contributed by atoms with Crippen LogP contribution in [-0.2, 0) is 9.98 Å². The van der Waals surface area contributed by atoms with E-state index in [1.807, 2.05) is 84.9 Å². The quantitative estimate of drug-likeness (QED) is 0.317. The summed E-state index contributed by atoms with van der Waals surface area (Å²) in [6, 6.07) is 25.7. The lowest BCUT2D eigenvalue weighted by Crippen LogP contribution is -2.36. The van der Waals surface area contributed by atoms with E-state index in [2.05, 4.69) is 25.9 Å². The van der Waals surface area contributed by atoms with Crippen molar-refractivity contribution in [1.29, 1.82) is 0 Å². The summed E-state index contributed by atoms with van der Waals surface area (Å²) >= 11 is 19.2. The van der Waals surface area contributed by atoms with Crippen molar-refractivity contribution < 1.29 is 4.57 Å². The summed E-state index contributed by atoms with van der Waals surface area (Å²) in [5, 5.41) is 4.55. The van der Waals surface area contributed by atoms with Gasteiger partial charge in [-0.15, -0.1) is 0 Å². The zero-order chi connectivity index (χ0) is 22.0. The second kappa shape index (κ2) is 9.07. The molecule has 3 aromatic carbocycles. The summed E-state index contributed by atoms with van der Waals surface area (Å²) in [6.45, 7) is 6.43.